The summed E-state index contributed by atoms with van der Waals surface area (Å²) in [6, 6.07) is 16.0. The molecule has 3 N–H and O–H groups in total. The van der Waals surface area contributed by atoms with Gasteiger partial charge >= 0.3 is 12.1 Å². The Bertz CT molecular complexity index is 1070. The number of alkyl carbamates (subject to hydrolysis) is 1. The SMILES string of the molecule is CC(CCCC(=O)O)NC(=O)[C@@H]1CC=C[C@@H](NC(=O)OCC2c3ccccc3-c3ccccc32)C1. The minimum atomic E-state index is -0.830. The Morgan fingerprint density at radius 3 is 2.37 bits per heavy atom. The zero-order valence-electron chi connectivity index (χ0n) is 19.9. The molecule has 1 unspecified atom stereocenters. The molecule has 2 aromatic carbocycles. The van der Waals surface area contributed by atoms with Crippen molar-refractivity contribution in [1.29, 1.82) is 0 Å². The lowest BCUT2D eigenvalue weighted by Gasteiger charge is -2.26. The molecule has 7 nitrogen and oxygen atoms in total. The Morgan fingerprint density at radius 1 is 1.06 bits per heavy atom. The average molecular weight is 477 g/mol. The quantitative estimate of drug-likeness (QED) is 0.458. The summed E-state index contributed by atoms with van der Waals surface area (Å²) in [5.41, 5.74) is 4.68. The van der Waals surface area contributed by atoms with Crippen LogP contribution in [0.2, 0.25) is 0 Å². The molecule has 2 aliphatic carbocycles. The summed E-state index contributed by atoms with van der Waals surface area (Å²) in [5.74, 6) is -1.16. The number of benzene rings is 2. The highest BCUT2D eigenvalue weighted by molar-refractivity contribution is 5.80. The van der Waals surface area contributed by atoms with Gasteiger partial charge in [-0.2, -0.15) is 0 Å². The second-order valence-corrected chi connectivity index (χ2v) is 9.37. The fourth-order valence-electron chi connectivity index (χ4n) is 4.99. The van der Waals surface area contributed by atoms with Crippen molar-refractivity contribution in [3.8, 4) is 11.1 Å². The van der Waals surface area contributed by atoms with Crippen molar-refractivity contribution < 1.29 is 24.2 Å². The molecule has 7 heteroatoms. The number of aliphatic carboxylic acids is 1. The maximum Gasteiger partial charge on any atom is 0.407 e. The highest BCUT2D eigenvalue weighted by atomic mass is 16.5. The second kappa shape index (κ2) is 11.2. The number of carboxylic acids is 1. The fourth-order valence-corrected chi connectivity index (χ4v) is 4.99. The minimum Gasteiger partial charge on any atom is -0.481 e. The molecule has 4 rings (SSSR count). The first kappa shape index (κ1) is 24.5. The van der Waals surface area contributed by atoms with Crippen LogP contribution in [-0.4, -0.2) is 41.8 Å². The number of fused-ring (bicyclic) bond motifs is 3. The average Bonchev–Trinajstić information content (AvgIpc) is 3.16. The van der Waals surface area contributed by atoms with Gasteiger partial charge in [0, 0.05) is 24.3 Å². The van der Waals surface area contributed by atoms with Gasteiger partial charge in [0.15, 0.2) is 0 Å². The number of carbonyl (C=O) groups excluding carboxylic acids is 2. The molecule has 2 aliphatic rings. The Kier molecular flexibility index (Phi) is 7.85. The van der Waals surface area contributed by atoms with Gasteiger partial charge in [-0.25, -0.2) is 4.79 Å². The van der Waals surface area contributed by atoms with Gasteiger partial charge in [0.25, 0.3) is 0 Å². The van der Waals surface area contributed by atoms with Crippen molar-refractivity contribution in [1.82, 2.24) is 10.6 Å². The van der Waals surface area contributed by atoms with Gasteiger partial charge in [-0.3, -0.25) is 9.59 Å². The second-order valence-electron chi connectivity index (χ2n) is 9.37. The van der Waals surface area contributed by atoms with Gasteiger partial charge in [-0.1, -0.05) is 60.7 Å². The van der Waals surface area contributed by atoms with Crippen molar-refractivity contribution in [2.45, 2.75) is 57.0 Å². The van der Waals surface area contributed by atoms with Gasteiger partial charge in [-0.15, -0.1) is 0 Å². The van der Waals surface area contributed by atoms with E-state index in [0.29, 0.717) is 25.7 Å². The molecule has 0 heterocycles. The molecule has 0 bridgehead atoms. The number of ether oxygens (including phenoxy) is 1. The summed E-state index contributed by atoms with van der Waals surface area (Å²) in [5, 5.41) is 14.6. The molecule has 35 heavy (non-hydrogen) atoms. The van der Waals surface area contributed by atoms with Crippen LogP contribution in [0.15, 0.2) is 60.7 Å². The van der Waals surface area contributed by atoms with Gasteiger partial charge < -0.3 is 20.5 Å². The highest BCUT2D eigenvalue weighted by Crippen LogP contribution is 2.44. The van der Waals surface area contributed by atoms with E-state index in [2.05, 4.69) is 34.9 Å². The van der Waals surface area contributed by atoms with Crippen LogP contribution in [0.3, 0.4) is 0 Å². The molecule has 184 valence electrons. The lowest BCUT2D eigenvalue weighted by Crippen LogP contribution is -2.43. The zero-order chi connectivity index (χ0) is 24.8. The van der Waals surface area contributed by atoms with Gasteiger partial charge in [0.1, 0.15) is 6.61 Å². The number of carbonyl (C=O) groups is 3. The first-order valence-electron chi connectivity index (χ1n) is 12.2. The molecule has 0 aromatic heterocycles. The Hall–Kier alpha value is -3.61. The summed E-state index contributed by atoms with van der Waals surface area (Å²) in [6.45, 7) is 2.12. The van der Waals surface area contributed by atoms with Crippen LogP contribution in [0.4, 0.5) is 4.79 Å². The van der Waals surface area contributed by atoms with E-state index in [1.807, 2.05) is 43.3 Å². The number of hydrogen-bond acceptors (Lipinski definition) is 4. The van der Waals surface area contributed by atoms with E-state index >= 15 is 0 Å². The summed E-state index contributed by atoms with van der Waals surface area (Å²) in [4.78, 5) is 35.9. The third-order valence-electron chi connectivity index (χ3n) is 6.76. The lowest BCUT2D eigenvalue weighted by atomic mass is 9.90. The number of hydrogen-bond donors (Lipinski definition) is 3. The normalized spacial score (nSPS) is 19.3. The van der Waals surface area contributed by atoms with Gasteiger partial charge in [-0.05, 0) is 54.9 Å². The Labute approximate surface area is 205 Å². The van der Waals surface area contributed by atoms with Crippen LogP contribution >= 0.6 is 0 Å². The number of amides is 2. The van der Waals surface area contributed by atoms with E-state index in [4.69, 9.17) is 9.84 Å². The first-order valence-corrected chi connectivity index (χ1v) is 12.2. The zero-order valence-corrected chi connectivity index (χ0v) is 19.9. The predicted octanol–water partition coefficient (Wildman–Crippen LogP) is 4.62. The number of nitrogens with one attached hydrogen (secondary N) is 2. The monoisotopic (exact) mass is 476 g/mol. The summed E-state index contributed by atoms with van der Waals surface area (Å²) < 4.78 is 5.63. The van der Waals surface area contributed by atoms with Gasteiger partial charge in [0.2, 0.25) is 5.91 Å². The minimum absolute atomic E-state index is 0.00353. The van der Waals surface area contributed by atoms with E-state index in [1.165, 1.54) is 11.1 Å². The molecule has 0 spiro atoms. The molecule has 0 aliphatic heterocycles. The van der Waals surface area contributed by atoms with Crippen molar-refractivity contribution in [2.75, 3.05) is 6.61 Å². The van der Waals surface area contributed by atoms with Gasteiger partial charge in [0.05, 0.1) is 6.04 Å². The van der Waals surface area contributed by atoms with Crippen molar-refractivity contribution >= 4 is 18.0 Å². The molecule has 2 amide bonds. The molecule has 0 fully saturated rings. The van der Waals surface area contributed by atoms with Crippen LogP contribution in [-0.2, 0) is 14.3 Å². The van der Waals surface area contributed by atoms with Crippen molar-refractivity contribution in [3.63, 3.8) is 0 Å². The third-order valence-corrected chi connectivity index (χ3v) is 6.76. The molecular weight excluding hydrogens is 444 g/mol. The third kappa shape index (κ3) is 6.10. The van der Waals surface area contributed by atoms with Crippen LogP contribution in [0.25, 0.3) is 11.1 Å². The van der Waals surface area contributed by atoms with Crippen LogP contribution in [0.5, 0.6) is 0 Å². The Morgan fingerprint density at radius 2 is 1.71 bits per heavy atom. The standard InChI is InChI=1S/C28H32N2O5/c1-18(8-6-15-26(31)32)29-27(33)19-9-7-10-20(16-19)30-28(34)35-17-25-23-13-4-2-11-21(23)22-12-3-5-14-24(22)25/h2-5,7,10-14,18-20,25H,6,8-9,15-17H2,1H3,(H,29,33)(H,30,34)(H,31,32)/t18?,19-,20-/m1/s1. The Balaban J connectivity index is 1.27. The number of allylic oxidation sites excluding steroid dienone is 1. The summed E-state index contributed by atoms with van der Waals surface area (Å²) in [6.07, 6.45) is 5.65. The largest absolute Gasteiger partial charge is 0.481 e. The molecule has 2 aromatic rings. The van der Waals surface area contributed by atoms with Crippen LogP contribution < -0.4 is 10.6 Å². The van der Waals surface area contributed by atoms with E-state index in [1.54, 1.807) is 0 Å². The first-order chi connectivity index (χ1) is 16.9. The summed E-state index contributed by atoms with van der Waals surface area (Å²) >= 11 is 0. The van der Waals surface area contributed by atoms with E-state index in [9.17, 15) is 14.4 Å². The van der Waals surface area contributed by atoms with E-state index < -0.39 is 12.1 Å². The predicted molar refractivity (Wildman–Crippen MR) is 133 cm³/mol. The molecule has 3 atom stereocenters. The van der Waals surface area contributed by atoms with Crippen LogP contribution in [0, 0.1) is 5.92 Å². The summed E-state index contributed by atoms with van der Waals surface area (Å²) in [7, 11) is 0. The van der Waals surface area contributed by atoms with Crippen LogP contribution in [0.1, 0.15) is 56.1 Å². The maximum absolute atomic E-state index is 12.7. The molecule has 0 saturated heterocycles. The van der Waals surface area contributed by atoms with E-state index in [0.717, 1.165) is 11.1 Å². The smallest absolute Gasteiger partial charge is 0.407 e. The highest BCUT2D eigenvalue weighted by Gasteiger charge is 2.30. The molecule has 0 radical (unpaired) electrons. The van der Waals surface area contributed by atoms with E-state index in [-0.39, 0.29) is 42.9 Å². The number of carboxylic acid groups (broad SMARTS) is 1. The van der Waals surface area contributed by atoms with Crippen molar-refractivity contribution in [2.24, 2.45) is 5.92 Å². The lowest BCUT2D eigenvalue weighted by molar-refractivity contribution is -0.137. The maximum atomic E-state index is 12.7. The molecule has 0 saturated carbocycles. The topological polar surface area (TPSA) is 105 Å². The molecular formula is C28H32N2O5. The fraction of sp³-hybridized carbons (Fsp3) is 0.393. The number of rotatable bonds is 9. The van der Waals surface area contributed by atoms with Crippen molar-refractivity contribution in [3.05, 3.63) is 71.8 Å².